The van der Waals surface area contributed by atoms with Gasteiger partial charge in [-0.1, -0.05) is 12.1 Å². The quantitative estimate of drug-likeness (QED) is 0.720. The van der Waals surface area contributed by atoms with E-state index >= 15 is 0 Å². The highest BCUT2D eigenvalue weighted by atomic mass is 32.1. The Kier molecular flexibility index (Phi) is 4.94. The van der Waals surface area contributed by atoms with Crippen molar-refractivity contribution in [1.82, 2.24) is 4.98 Å². The van der Waals surface area contributed by atoms with Gasteiger partial charge in [-0.25, -0.2) is 9.37 Å². The second kappa shape index (κ2) is 7.32. The van der Waals surface area contributed by atoms with Crippen molar-refractivity contribution in [2.24, 2.45) is 0 Å². The van der Waals surface area contributed by atoms with Crippen molar-refractivity contribution in [2.75, 3.05) is 10.6 Å². The standard InChI is InChI=1S/C18H14FN3O3S/c1-10(23)20-13-6-7-14(15(19)8-13)16-9-26-18(22-16)21-12-4-2-11(3-5-12)17(24)25/h2-9H,1H3,(H,20,23)(H,21,22)(H,24,25)/p-1. The monoisotopic (exact) mass is 370 g/mol. The molecule has 0 radical (unpaired) electrons. The Morgan fingerprint density at radius 1 is 1.12 bits per heavy atom. The summed E-state index contributed by atoms with van der Waals surface area (Å²) in [5, 5.41) is 18.5. The number of aromatic nitrogens is 1. The normalized spacial score (nSPS) is 10.4. The maximum absolute atomic E-state index is 14.3. The summed E-state index contributed by atoms with van der Waals surface area (Å²) >= 11 is 1.29. The van der Waals surface area contributed by atoms with Gasteiger partial charge in [-0.15, -0.1) is 11.3 Å². The molecule has 0 unspecified atom stereocenters. The molecule has 3 rings (SSSR count). The molecule has 0 fully saturated rings. The minimum Gasteiger partial charge on any atom is -0.545 e. The third-order valence-corrected chi connectivity index (χ3v) is 4.20. The number of carbonyl (C=O) groups excluding carboxylic acids is 2. The van der Waals surface area contributed by atoms with Crippen molar-refractivity contribution in [2.45, 2.75) is 6.92 Å². The smallest absolute Gasteiger partial charge is 0.221 e. The summed E-state index contributed by atoms with van der Waals surface area (Å²) in [7, 11) is 0. The van der Waals surface area contributed by atoms with Gasteiger partial charge in [0, 0.05) is 29.2 Å². The average molecular weight is 370 g/mol. The van der Waals surface area contributed by atoms with E-state index in [0.29, 0.717) is 27.8 Å². The first-order chi connectivity index (χ1) is 12.4. The summed E-state index contributed by atoms with van der Waals surface area (Å²) in [4.78, 5) is 26.1. The SMILES string of the molecule is CC(=O)Nc1ccc(-c2csc(Nc3ccc(C(=O)[O-])cc3)n2)c(F)c1. The van der Waals surface area contributed by atoms with Crippen LogP contribution in [0.1, 0.15) is 17.3 Å². The van der Waals surface area contributed by atoms with E-state index < -0.39 is 11.8 Å². The zero-order valence-electron chi connectivity index (χ0n) is 13.6. The number of hydrogen-bond acceptors (Lipinski definition) is 6. The number of aromatic carboxylic acids is 1. The van der Waals surface area contributed by atoms with Gasteiger partial charge in [0.1, 0.15) is 5.82 Å². The fraction of sp³-hybridized carbons (Fsp3) is 0.0556. The van der Waals surface area contributed by atoms with Gasteiger partial charge in [0.05, 0.1) is 11.7 Å². The molecular formula is C18H13FN3O3S-. The molecule has 26 heavy (non-hydrogen) atoms. The van der Waals surface area contributed by atoms with E-state index in [0.717, 1.165) is 0 Å². The van der Waals surface area contributed by atoms with Gasteiger partial charge in [-0.05, 0) is 35.9 Å². The predicted molar refractivity (Wildman–Crippen MR) is 95.9 cm³/mol. The molecule has 6 nitrogen and oxygen atoms in total. The first-order valence-electron chi connectivity index (χ1n) is 7.54. The van der Waals surface area contributed by atoms with E-state index in [9.17, 15) is 19.1 Å². The van der Waals surface area contributed by atoms with Crippen molar-refractivity contribution in [1.29, 1.82) is 0 Å². The van der Waals surface area contributed by atoms with Crippen LogP contribution in [0.3, 0.4) is 0 Å². The molecule has 0 saturated heterocycles. The molecule has 1 heterocycles. The van der Waals surface area contributed by atoms with Crippen molar-refractivity contribution < 1.29 is 19.1 Å². The lowest BCUT2D eigenvalue weighted by atomic mass is 10.1. The fourth-order valence-electron chi connectivity index (χ4n) is 2.27. The van der Waals surface area contributed by atoms with Crippen molar-refractivity contribution >= 4 is 39.7 Å². The van der Waals surface area contributed by atoms with Crippen LogP contribution < -0.4 is 15.7 Å². The summed E-state index contributed by atoms with van der Waals surface area (Å²) < 4.78 is 14.3. The molecule has 2 N–H and O–H groups in total. The van der Waals surface area contributed by atoms with Gasteiger partial charge in [-0.3, -0.25) is 4.79 Å². The van der Waals surface area contributed by atoms with Gasteiger partial charge in [0.25, 0.3) is 0 Å². The Morgan fingerprint density at radius 3 is 2.42 bits per heavy atom. The second-order valence-electron chi connectivity index (χ2n) is 5.40. The van der Waals surface area contributed by atoms with Crippen LogP contribution in [0.15, 0.2) is 47.8 Å². The molecule has 0 aliphatic rings. The molecule has 0 atom stereocenters. The number of nitrogens with zero attached hydrogens (tertiary/aromatic N) is 1. The summed E-state index contributed by atoms with van der Waals surface area (Å²) in [6, 6.07) is 10.4. The summed E-state index contributed by atoms with van der Waals surface area (Å²) in [5.74, 6) is -2.01. The minimum atomic E-state index is -1.24. The summed E-state index contributed by atoms with van der Waals surface area (Å²) in [6.07, 6.45) is 0. The average Bonchev–Trinajstić information content (AvgIpc) is 3.03. The number of thiazole rings is 1. The van der Waals surface area contributed by atoms with Gasteiger partial charge in [0.15, 0.2) is 5.13 Å². The van der Waals surface area contributed by atoms with Crippen LogP contribution >= 0.6 is 11.3 Å². The molecule has 1 amide bonds. The van der Waals surface area contributed by atoms with Crippen molar-refractivity contribution in [3.8, 4) is 11.3 Å². The number of halogens is 1. The third-order valence-electron chi connectivity index (χ3n) is 3.44. The third kappa shape index (κ3) is 4.04. The Morgan fingerprint density at radius 2 is 1.81 bits per heavy atom. The number of anilines is 3. The number of carboxylic acids is 1. The van der Waals surface area contributed by atoms with Crippen molar-refractivity contribution in [3.63, 3.8) is 0 Å². The van der Waals surface area contributed by atoms with Crippen LogP contribution in [0.2, 0.25) is 0 Å². The molecule has 0 aliphatic carbocycles. The largest absolute Gasteiger partial charge is 0.545 e. The molecule has 0 saturated carbocycles. The van der Waals surface area contributed by atoms with Gasteiger partial charge >= 0.3 is 0 Å². The number of benzene rings is 2. The summed E-state index contributed by atoms with van der Waals surface area (Å²) in [6.45, 7) is 1.35. The maximum Gasteiger partial charge on any atom is 0.221 e. The number of hydrogen-bond donors (Lipinski definition) is 2. The van der Waals surface area contributed by atoms with E-state index in [1.54, 1.807) is 29.6 Å². The number of nitrogens with one attached hydrogen (secondary N) is 2. The van der Waals surface area contributed by atoms with E-state index in [4.69, 9.17) is 0 Å². The minimum absolute atomic E-state index is 0.0803. The first-order valence-corrected chi connectivity index (χ1v) is 8.42. The van der Waals surface area contributed by atoms with Gasteiger partial charge in [0.2, 0.25) is 5.91 Å². The van der Waals surface area contributed by atoms with Gasteiger partial charge in [-0.2, -0.15) is 0 Å². The van der Waals surface area contributed by atoms with Gasteiger partial charge < -0.3 is 20.5 Å². The lowest BCUT2D eigenvalue weighted by molar-refractivity contribution is -0.255. The Hall–Kier alpha value is -3.26. The number of rotatable bonds is 5. The molecule has 1 aromatic heterocycles. The highest BCUT2D eigenvalue weighted by Crippen LogP contribution is 2.30. The molecule has 132 valence electrons. The van der Waals surface area contributed by atoms with Crippen LogP contribution in [0, 0.1) is 5.82 Å². The van der Waals surface area contributed by atoms with Crippen LogP contribution in [-0.2, 0) is 4.79 Å². The molecule has 3 aromatic rings. The van der Waals surface area contributed by atoms with Crippen LogP contribution in [0.4, 0.5) is 20.9 Å². The van der Waals surface area contributed by atoms with E-state index in [-0.39, 0.29) is 11.5 Å². The molecule has 8 heteroatoms. The zero-order valence-corrected chi connectivity index (χ0v) is 14.4. The first kappa shape index (κ1) is 17.6. The predicted octanol–water partition coefficient (Wildman–Crippen LogP) is 3.01. The molecule has 0 spiro atoms. The second-order valence-corrected chi connectivity index (χ2v) is 6.26. The Labute approximate surface area is 152 Å². The molecule has 0 bridgehead atoms. The van der Waals surface area contributed by atoms with Crippen molar-refractivity contribution in [3.05, 3.63) is 59.2 Å². The Bertz CT molecular complexity index is 970. The van der Waals surface area contributed by atoms with Crippen LogP contribution in [0.25, 0.3) is 11.3 Å². The molecular weight excluding hydrogens is 357 g/mol. The highest BCUT2D eigenvalue weighted by molar-refractivity contribution is 7.14. The Balaban J connectivity index is 1.77. The molecule has 0 aliphatic heterocycles. The topological polar surface area (TPSA) is 94.2 Å². The number of carboxylic acid groups (broad SMARTS) is 1. The molecule has 2 aromatic carbocycles. The van der Waals surface area contributed by atoms with Crippen LogP contribution in [0.5, 0.6) is 0 Å². The van der Waals surface area contributed by atoms with E-state index in [2.05, 4.69) is 15.6 Å². The maximum atomic E-state index is 14.3. The summed E-state index contributed by atoms with van der Waals surface area (Å²) in [5.41, 5.74) is 1.88. The zero-order chi connectivity index (χ0) is 18.7. The van der Waals surface area contributed by atoms with E-state index in [1.807, 2.05) is 0 Å². The lowest BCUT2D eigenvalue weighted by Gasteiger charge is -2.06. The number of carbonyl (C=O) groups is 2. The lowest BCUT2D eigenvalue weighted by Crippen LogP contribution is -2.21. The highest BCUT2D eigenvalue weighted by Gasteiger charge is 2.11. The van der Waals surface area contributed by atoms with Crippen LogP contribution in [-0.4, -0.2) is 16.9 Å². The number of amides is 1. The van der Waals surface area contributed by atoms with E-state index in [1.165, 1.54) is 36.5 Å². The fourth-order valence-corrected chi connectivity index (χ4v) is 3.00.